The van der Waals surface area contributed by atoms with E-state index in [0.717, 1.165) is 29.3 Å². The summed E-state index contributed by atoms with van der Waals surface area (Å²) in [6, 6.07) is 5.68. The maximum atomic E-state index is 11.9. The quantitative estimate of drug-likeness (QED) is 0.437. The van der Waals surface area contributed by atoms with Gasteiger partial charge in [0, 0.05) is 16.5 Å². The Morgan fingerprint density at radius 3 is 2.39 bits per heavy atom. The third-order valence-electron chi connectivity index (χ3n) is 6.13. The molecule has 0 spiro atoms. The Balaban J connectivity index is 2.00. The average molecular weight is 385 g/mol. The van der Waals surface area contributed by atoms with Gasteiger partial charge in [-0.2, -0.15) is 0 Å². The number of esters is 1. The van der Waals surface area contributed by atoms with Crippen molar-refractivity contribution in [3.05, 3.63) is 29.3 Å². The number of aryl methyl sites for hydroxylation is 1. The number of carbonyl (C=O) groups is 1. The number of methoxy groups -OCH3 is 1. The molecule has 0 atom stereocenters. The number of nitrogens with one attached hydrogen (secondary N) is 1. The van der Waals surface area contributed by atoms with Crippen molar-refractivity contribution >= 4 is 29.6 Å². The highest BCUT2D eigenvalue weighted by Gasteiger charge is 2.52. The molecule has 1 saturated heterocycles. The van der Waals surface area contributed by atoms with E-state index in [4.69, 9.17) is 14.0 Å². The zero-order valence-corrected chi connectivity index (χ0v) is 18.0. The van der Waals surface area contributed by atoms with Gasteiger partial charge >= 0.3 is 13.1 Å². The van der Waals surface area contributed by atoms with Gasteiger partial charge in [-0.3, -0.25) is 0 Å². The van der Waals surface area contributed by atoms with Gasteiger partial charge in [0.05, 0.1) is 23.9 Å². The molecule has 28 heavy (non-hydrogen) atoms. The monoisotopic (exact) mass is 385 g/mol. The van der Waals surface area contributed by atoms with Crippen LogP contribution in [0.25, 0.3) is 10.9 Å². The third kappa shape index (κ3) is 3.85. The van der Waals surface area contributed by atoms with Crippen LogP contribution in [0.3, 0.4) is 0 Å². The Labute approximate surface area is 168 Å². The Morgan fingerprint density at radius 1 is 1.11 bits per heavy atom. The van der Waals surface area contributed by atoms with Crippen molar-refractivity contribution < 1.29 is 18.8 Å². The smallest absolute Gasteiger partial charge is 0.465 e. The van der Waals surface area contributed by atoms with Crippen molar-refractivity contribution in [2.45, 2.75) is 77.9 Å². The van der Waals surface area contributed by atoms with E-state index < -0.39 is 18.3 Å². The molecule has 0 bridgehead atoms. The van der Waals surface area contributed by atoms with Gasteiger partial charge in [0.15, 0.2) is 0 Å². The molecule has 3 rings (SSSR count). The molecule has 1 aromatic heterocycles. The summed E-state index contributed by atoms with van der Waals surface area (Å²) in [5, 5.41) is 1.12. The zero-order chi connectivity index (χ0) is 20.5. The first-order chi connectivity index (χ1) is 13.2. The van der Waals surface area contributed by atoms with Crippen molar-refractivity contribution in [3.63, 3.8) is 0 Å². The molecule has 0 amide bonds. The molecule has 1 aliphatic rings. The number of aromatic amines is 1. The second-order valence-electron chi connectivity index (χ2n) is 8.67. The Hall–Kier alpha value is -1.79. The van der Waals surface area contributed by atoms with Crippen LogP contribution in [-0.2, 0) is 20.5 Å². The lowest BCUT2D eigenvalue weighted by atomic mass is 9.80. The number of aromatic nitrogens is 1. The van der Waals surface area contributed by atoms with Crippen LogP contribution >= 0.6 is 0 Å². The van der Waals surface area contributed by atoms with Crippen LogP contribution in [0.5, 0.6) is 0 Å². The fourth-order valence-corrected chi connectivity index (χ4v) is 3.68. The topological polar surface area (TPSA) is 60.5 Å². The highest BCUT2D eigenvalue weighted by Crippen LogP contribution is 2.37. The van der Waals surface area contributed by atoms with Gasteiger partial charge in [0.2, 0.25) is 0 Å². The third-order valence-corrected chi connectivity index (χ3v) is 6.13. The minimum Gasteiger partial charge on any atom is -0.465 e. The van der Waals surface area contributed by atoms with E-state index in [0.29, 0.717) is 5.56 Å². The lowest BCUT2D eigenvalue weighted by Gasteiger charge is -2.32. The normalized spacial score (nSPS) is 18.0. The predicted molar refractivity (Wildman–Crippen MR) is 113 cm³/mol. The summed E-state index contributed by atoms with van der Waals surface area (Å²) in [7, 11) is 0.955. The molecule has 1 N–H and O–H groups in total. The average Bonchev–Trinajstić information content (AvgIpc) is 3.11. The van der Waals surface area contributed by atoms with Crippen molar-refractivity contribution in [2.24, 2.45) is 0 Å². The summed E-state index contributed by atoms with van der Waals surface area (Å²) in [6.45, 7) is 10.5. The van der Waals surface area contributed by atoms with Crippen LogP contribution in [0.1, 0.15) is 76.2 Å². The van der Waals surface area contributed by atoms with Gasteiger partial charge in [-0.15, -0.1) is 0 Å². The van der Waals surface area contributed by atoms with Crippen LogP contribution < -0.4 is 5.59 Å². The van der Waals surface area contributed by atoms with Gasteiger partial charge in [0.1, 0.15) is 0 Å². The molecule has 0 radical (unpaired) electrons. The molecule has 1 aromatic carbocycles. The maximum Gasteiger partial charge on any atom is 0.512 e. The number of hydrogen-bond donors (Lipinski definition) is 1. The Bertz CT molecular complexity index is 840. The molecule has 2 aromatic rings. The number of unbranched alkanes of at least 4 members (excludes halogenated alkanes) is 3. The van der Waals surface area contributed by atoms with E-state index in [9.17, 15) is 4.79 Å². The molecule has 6 heteroatoms. The molecule has 0 unspecified atom stereocenters. The highest BCUT2D eigenvalue weighted by atomic mass is 16.7. The Morgan fingerprint density at radius 2 is 1.79 bits per heavy atom. The number of carbonyl (C=O) groups excluding carboxylic acids is 1. The first-order valence-corrected chi connectivity index (χ1v) is 10.3. The number of rotatable bonds is 7. The summed E-state index contributed by atoms with van der Waals surface area (Å²) >= 11 is 0. The second-order valence-corrected chi connectivity index (χ2v) is 8.67. The lowest BCUT2D eigenvalue weighted by Crippen LogP contribution is -2.41. The van der Waals surface area contributed by atoms with Crippen LogP contribution in [0.2, 0.25) is 0 Å². The summed E-state index contributed by atoms with van der Waals surface area (Å²) in [4.78, 5) is 15.4. The van der Waals surface area contributed by atoms with Crippen molar-refractivity contribution in [1.82, 2.24) is 4.98 Å². The van der Waals surface area contributed by atoms with E-state index in [1.165, 1.54) is 31.9 Å². The molecule has 152 valence electrons. The number of fused-ring (bicyclic) bond motifs is 1. The van der Waals surface area contributed by atoms with E-state index in [1.807, 2.05) is 18.2 Å². The highest BCUT2D eigenvalue weighted by molar-refractivity contribution is 6.62. The Kier molecular flexibility index (Phi) is 5.92. The SMILES string of the molecule is CCCCCCc1c(B2OC(C)(C)C(C)(C)O2)[nH]c2cc(C(=O)OC)ccc12. The molecule has 0 saturated carbocycles. The second kappa shape index (κ2) is 7.92. The predicted octanol–water partition coefficient (Wildman–Crippen LogP) is 4.38. The summed E-state index contributed by atoms with van der Waals surface area (Å²) in [6.07, 6.45) is 5.72. The van der Waals surface area contributed by atoms with Gasteiger partial charge < -0.3 is 19.0 Å². The number of ether oxygens (including phenoxy) is 1. The first-order valence-electron chi connectivity index (χ1n) is 10.3. The van der Waals surface area contributed by atoms with Crippen LogP contribution in [0.15, 0.2) is 18.2 Å². The minimum absolute atomic E-state index is 0.335. The van der Waals surface area contributed by atoms with Crippen molar-refractivity contribution in [3.8, 4) is 0 Å². The molecule has 1 fully saturated rings. The van der Waals surface area contributed by atoms with Gasteiger partial charge in [-0.1, -0.05) is 32.3 Å². The molecule has 0 aliphatic carbocycles. The zero-order valence-electron chi connectivity index (χ0n) is 18.0. The van der Waals surface area contributed by atoms with Crippen LogP contribution in [0, 0.1) is 0 Å². The summed E-state index contributed by atoms with van der Waals surface area (Å²) in [5.74, 6) is -0.335. The number of hydrogen-bond acceptors (Lipinski definition) is 4. The first kappa shape index (κ1) is 20.9. The fourth-order valence-electron chi connectivity index (χ4n) is 3.68. The van der Waals surface area contributed by atoms with Crippen molar-refractivity contribution in [1.29, 1.82) is 0 Å². The standard InChI is InChI=1S/C22H32BNO4/c1-7-8-9-10-11-17-16-13-12-15(20(25)26-6)14-18(16)24-19(17)23-27-21(2,3)22(4,5)28-23/h12-14,24H,7-11H2,1-6H3. The summed E-state index contributed by atoms with van der Waals surface area (Å²) < 4.78 is 17.5. The van der Waals surface area contributed by atoms with Crippen LogP contribution in [-0.4, -0.2) is 36.4 Å². The van der Waals surface area contributed by atoms with E-state index in [2.05, 4.69) is 39.6 Å². The largest absolute Gasteiger partial charge is 0.512 e. The lowest BCUT2D eigenvalue weighted by molar-refractivity contribution is 0.00578. The molecule has 5 nitrogen and oxygen atoms in total. The van der Waals surface area contributed by atoms with E-state index in [1.54, 1.807) is 0 Å². The van der Waals surface area contributed by atoms with E-state index in [-0.39, 0.29) is 5.97 Å². The molecular weight excluding hydrogens is 353 g/mol. The molecular formula is C22H32BNO4. The van der Waals surface area contributed by atoms with Gasteiger partial charge in [0.25, 0.3) is 0 Å². The maximum absolute atomic E-state index is 11.9. The van der Waals surface area contributed by atoms with Gasteiger partial charge in [-0.25, -0.2) is 4.79 Å². The minimum atomic E-state index is -0.444. The van der Waals surface area contributed by atoms with Crippen LogP contribution in [0.4, 0.5) is 0 Å². The van der Waals surface area contributed by atoms with E-state index >= 15 is 0 Å². The molecule has 1 aliphatic heterocycles. The van der Waals surface area contributed by atoms with Gasteiger partial charge in [-0.05, 0) is 58.2 Å². The summed E-state index contributed by atoms with van der Waals surface area (Å²) in [5.41, 5.74) is 2.84. The number of benzene rings is 1. The molecule has 2 heterocycles. The van der Waals surface area contributed by atoms with Crippen molar-refractivity contribution in [2.75, 3.05) is 7.11 Å². The number of H-pyrrole nitrogens is 1. The fraction of sp³-hybridized carbons (Fsp3) is 0.591.